The molecule has 2 heterocycles. The maximum absolute atomic E-state index is 13.0. The van der Waals surface area contributed by atoms with Crippen molar-refractivity contribution in [3.05, 3.63) is 45.2 Å². The fraction of sp³-hybridized carbons (Fsp3) is 0.250. The number of hydrazine groups is 3. The van der Waals surface area contributed by atoms with E-state index in [0.717, 1.165) is 12.1 Å². The maximum Gasteiger partial charge on any atom is 0.417 e. The predicted molar refractivity (Wildman–Crippen MR) is 74.6 cm³/mol. The van der Waals surface area contributed by atoms with Crippen LogP contribution in [-0.4, -0.2) is 10.7 Å². The first-order valence-corrected chi connectivity index (χ1v) is 6.65. The molecule has 10 heteroatoms. The average Bonchev–Trinajstić information content (AvgIpc) is 2.93. The van der Waals surface area contributed by atoms with Crippen molar-refractivity contribution < 1.29 is 13.2 Å². The highest BCUT2D eigenvalue weighted by Gasteiger charge is 2.34. The Morgan fingerprint density at radius 2 is 1.91 bits per heavy atom. The minimum absolute atomic E-state index is 0.138. The minimum atomic E-state index is -4.59. The van der Waals surface area contributed by atoms with E-state index in [4.69, 9.17) is 11.6 Å². The van der Waals surface area contributed by atoms with Crippen molar-refractivity contribution in [2.75, 3.05) is 0 Å². The quantitative estimate of drug-likeness (QED) is 0.663. The van der Waals surface area contributed by atoms with Crippen LogP contribution in [0.5, 0.6) is 0 Å². The molecule has 1 aromatic heterocycles. The van der Waals surface area contributed by atoms with Gasteiger partial charge in [0.2, 0.25) is 0 Å². The Morgan fingerprint density at radius 3 is 2.55 bits per heavy atom. The third-order valence-electron chi connectivity index (χ3n) is 3.31. The van der Waals surface area contributed by atoms with Gasteiger partial charge in [0.1, 0.15) is 6.17 Å². The summed E-state index contributed by atoms with van der Waals surface area (Å²) in [6, 6.07) is 3.25. The van der Waals surface area contributed by atoms with Crippen LogP contribution in [0.3, 0.4) is 0 Å². The van der Waals surface area contributed by atoms with Crippen molar-refractivity contribution in [2.45, 2.75) is 18.9 Å². The number of aromatic nitrogens is 1. The van der Waals surface area contributed by atoms with Crippen molar-refractivity contribution in [1.29, 1.82) is 0 Å². The molecular formula is C12H11ClF3N5O. The molecule has 0 spiro atoms. The van der Waals surface area contributed by atoms with Gasteiger partial charge < -0.3 is 4.57 Å². The standard InChI is InChI=1S/C12H11ClF3N5O/c13-8-3-6-9(4-7(8)12(14,15)16)21(2-1-10(6)22)5-11-17-19-20-18-11/h1-4,11,17-20H,5H2. The molecule has 1 aromatic carbocycles. The molecule has 1 aliphatic rings. The Balaban J connectivity index is 2.16. The topological polar surface area (TPSA) is 70.1 Å². The Labute approximate surface area is 127 Å². The molecule has 0 unspecified atom stereocenters. The first-order valence-electron chi connectivity index (χ1n) is 6.27. The molecule has 1 fully saturated rings. The Hall–Kier alpha value is -1.65. The van der Waals surface area contributed by atoms with Crippen molar-refractivity contribution in [3.63, 3.8) is 0 Å². The van der Waals surface area contributed by atoms with Crippen LogP contribution in [0.4, 0.5) is 13.2 Å². The predicted octanol–water partition coefficient (Wildman–Crippen LogP) is 1.12. The first kappa shape index (κ1) is 15.3. The molecule has 4 N–H and O–H groups in total. The smallest absolute Gasteiger partial charge is 0.344 e. The van der Waals surface area contributed by atoms with E-state index < -0.39 is 16.8 Å². The fourth-order valence-corrected chi connectivity index (χ4v) is 2.54. The van der Waals surface area contributed by atoms with E-state index in [1.54, 1.807) is 4.57 Å². The summed E-state index contributed by atoms with van der Waals surface area (Å²) in [6.07, 6.45) is -3.41. The number of benzene rings is 1. The second-order valence-corrected chi connectivity index (χ2v) is 5.18. The summed E-state index contributed by atoms with van der Waals surface area (Å²) in [6.45, 7) is 0.287. The summed E-state index contributed by atoms with van der Waals surface area (Å²) >= 11 is 5.67. The number of hydrogen-bond donors (Lipinski definition) is 4. The van der Waals surface area contributed by atoms with E-state index in [1.807, 2.05) is 0 Å². The van der Waals surface area contributed by atoms with Gasteiger partial charge in [-0.2, -0.15) is 24.2 Å². The summed E-state index contributed by atoms with van der Waals surface area (Å²) < 4.78 is 40.5. The number of pyridine rings is 1. The van der Waals surface area contributed by atoms with E-state index in [1.165, 1.54) is 12.3 Å². The van der Waals surface area contributed by atoms with Crippen LogP contribution < -0.4 is 27.3 Å². The molecule has 22 heavy (non-hydrogen) atoms. The van der Waals surface area contributed by atoms with E-state index in [0.29, 0.717) is 0 Å². The van der Waals surface area contributed by atoms with E-state index in [-0.39, 0.29) is 29.0 Å². The largest absolute Gasteiger partial charge is 0.417 e. The number of halogens is 4. The van der Waals surface area contributed by atoms with Crippen LogP contribution in [0.15, 0.2) is 29.2 Å². The fourth-order valence-electron chi connectivity index (χ4n) is 2.27. The second-order valence-electron chi connectivity index (χ2n) is 4.77. The van der Waals surface area contributed by atoms with Crippen LogP contribution >= 0.6 is 11.6 Å². The van der Waals surface area contributed by atoms with Gasteiger partial charge in [0.25, 0.3) is 0 Å². The van der Waals surface area contributed by atoms with Gasteiger partial charge in [-0.15, -0.1) is 0 Å². The summed E-state index contributed by atoms with van der Waals surface area (Å²) in [5.41, 5.74) is 9.68. The first-order chi connectivity index (χ1) is 10.4. The summed E-state index contributed by atoms with van der Waals surface area (Å²) in [4.78, 5) is 11.9. The Morgan fingerprint density at radius 1 is 1.23 bits per heavy atom. The molecule has 3 rings (SSSR count). The number of nitrogens with one attached hydrogen (secondary N) is 4. The SMILES string of the molecule is O=c1ccn(CC2NNNN2)c2cc(C(F)(F)F)c(Cl)cc12. The lowest BCUT2D eigenvalue weighted by Gasteiger charge is -2.17. The molecule has 0 aliphatic carbocycles. The molecule has 1 aliphatic heterocycles. The van der Waals surface area contributed by atoms with E-state index in [2.05, 4.69) is 21.9 Å². The van der Waals surface area contributed by atoms with Crippen LogP contribution in [0.2, 0.25) is 5.02 Å². The molecule has 0 saturated carbocycles. The van der Waals surface area contributed by atoms with Gasteiger partial charge in [-0.1, -0.05) is 11.6 Å². The van der Waals surface area contributed by atoms with Gasteiger partial charge in [-0.25, -0.2) is 10.9 Å². The number of hydrogen-bond acceptors (Lipinski definition) is 5. The van der Waals surface area contributed by atoms with Gasteiger partial charge in [0.05, 0.1) is 22.6 Å². The van der Waals surface area contributed by atoms with Gasteiger partial charge in [-0.05, 0) is 12.1 Å². The van der Waals surface area contributed by atoms with Crippen molar-refractivity contribution in [1.82, 2.24) is 26.5 Å². The molecule has 1 saturated heterocycles. The van der Waals surface area contributed by atoms with Gasteiger partial charge in [0, 0.05) is 17.6 Å². The average molecular weight is 334 g/mol. The minimum Gasteiger partial charge on any atom is -0.344 e. The van der Waals surface area contributed by atoms with E-state index >= 15 is 0 Å². The zero-order valence-electron chi connectivity index (χ0n) is 11.0. The summed E-state index contributed by atoms with van der Waals surface area (Å²) in [5, 5.41) is -0.352. The highest BCUT2D eigenvalue weighted by atomic mass is 35.5. The van der Waals surface area contributed by atoms with Crippen LogP contribution in [0.1, 0.15) is 5.56 Å². The molecule has 118 valence electrons. The number of fused-ring (bicyclic) bond motifs is 1. The van der Waals surface area contributed by atoms with Gasteiger partial charge in [-0.3, -0.25) is 4.79 Å². The summed E-state index contributed by atoms with van der Waals surface area (Å²) in [7, 11) is 0. The molecule has 0 atom stereocenters. The van der Waals surface area contributed by atoms with Crippen molar-refractivity contribution in [2.24, 2.45) is 0 Å². The van der Waals surface area contributed by atoms with Gasteiger partial charge >= 0.3 is 6.18 Å². The van der Waals surface area contributed by atoms with Gasteiger partial charge in [0.15, 0.2) is 5.43 Å². The van der Waals surface area contributed by atoms with Crippen LogP contribution in [0, 0.1) is 0 Å². The third-order valence-corrected chi connectivity index (χ3v) is 3.62. The highest BCUT2D eigenvalue weighted by molar-refractivity contribution is 6.32. The number of alkyl halides is 3. The van der Waals surface area contributed by atoms with E-state index in [9.17, 15) is 18.0 Å². The molecule has 2 aromatic rings. The molecular weight excluding hydrogens is 323 g/mol. The lowest BCUT2D eigenvalue weighted by atomic mass is 10.1. The number of nitrogens with zero attached hydrogens (tertiary/aromatic N) is 1. The molecule has 0 bridgehead atoms. The molecule has 6 nitrogen and oxygen atoms in total. The lowest BCUT2D eigenvalue weighted by Crippen LogP contribution is -2.38. The van der Waals surface area contributed by atoms with Crippen molar-refractivity contribution in [3.8, 4) is 0 Å². The van der Waals surface area contributed by atoms with Crippen molar-refractivity contribution >= 4 is 22.5 Å². The van der Waals surface area contributed by atoms with Crippen LogP contribution in [-0.2, 0) is 12.7 Å². The molecule has 0 radical (unpaired) electrons. The number of rotatable bonds is 2. The third kappa shape index (κ3) is 2.81. The maximum atomic E-state index is 13.0. The monoisotopic (exact) mass is 333 g/mol. The Bertz CT molecular complexity index is 770. The lowest BCUT2D eigenvalue weighted by molar-refractivity contribution is -0.137. The summed E-state index contributed by atoms with van der Waals surface area (Å²) in [5.74, 6) is 0. The zero-order valence-corrected chi connectivity index (χ0v) is 11.7. The normalized spacial score (nSPS) is 16.5. The van der Waals surface area contributed by atoms with Crippen LogP contribution in [0.25, 0.3) is 10.9 Å². The Kier molecular flexibility index (Phi) is 3.83. The zero-order chi connectivity index (χ0) is 15.9. The highest BCUT2D eigenvalue weighted by Crippen LogP contribution is 2.36. The molecule has 0 amide bonds. The second kappa shape index (κ2) is 5.52.